The van der Waals surface area contributed by atoms with Crippen LogP contribution in [0.1, 0.15) is 48.5 Å². The first-order valence-electron chi connectivity index (χ1n) is 12.1. The van der Waals surface area contributed by atoms with Gasteiger partial charge in [-0.05, 0) is 49.1 Å². The van der Waals surface area contributed by atoms with Gasteiger partial charge in [0.1, 0.15) is 17.1 Å². The number of nitrogens with one attached hydrogen (secondary N) is 2. The predicted molar refractivity (Wildman–Crippen MR) is 138 cm³/mol. The average molecular weight is 493 g/mol. The lowest BCUT2D eigenvalue weighted by atomic mass is 10.0. The Morgan fingerprint density at radius 1 is 1.17 bits per heavy atom. The number of ether oxygens (including phenoxy) is 2. The zero-order valence-corrected chi connectivity index (χ0v) is 20.4. The minimum Gasteiger partial charge on any atom is -0.507 e. The van der Waals surface area contributed by atoms with Gasteiger partial charge in [-0.1, -0.05) is 43.4 Å². The van der Waals surface area contributed by atoms with E-state index in [4.69, 9.17) is 9.47 Å². The molecule has 8 nitrogen and oxygen atoms in total. The molecule has 0 unspecified atom stereocenters. The lowest BCUT2D eigenvalue weighted by Gasteiger charge is -2.14. The van der Waals surface area contributed by atoms with E-state index in [1.54, 1.807) is 30.4 Å². The summed E-state index contributed by atoms with van der Waals surface area (Å²) in [5.74, 6) is -0.573. The summed E-state index contributed by atoms with van der Waals surface area (Å²) in [5.41, 5.74) is 1.25. The third kappa shape index (κ3) is 8.61. The van der Waals surface area contributed by atoms with Gasteiger partial charge in [0, 0.05) is 30.6 Å². The van der Waals surface area contributed by atoms with Crippen LogP contribution in [0.4, 0.5) is 10.5 Å². The summed E-state index contributed by atoms with van der Waals surface area (Å²) in [4.78, 5) is 36.6. The minimum atomic E-state index is -0.643. The fourth-order valence-electron chi connectivity index (χ4n) is 3.51. The number of amides is 2. The second-order valence-electron chi connectivity index (χ2n) is 8.55. The smallest absolute Gasteiger partial charge is 0.342 e. The van der Waals surface area contributed by atoms with Crippen LogP contribution in [-0.2, 0) is 9.53 Å². The normalized spacial score (nSPS) is 18.2. The molecule has 0 fully saturated rings. The summed E-state index contributed by atoms with van der Waals surface area (Å²) in [5, 5.41) is 16.1. The van der Waals surface area contributed by atoms with Crippen molar-refractivity contribution < 1.29 is 29.0 Å². The molecule has 1 aliphatic heterocycles. The van der Waals surface area contributed by atoms with Crippen LogP contribution in [0.2, 0.25) is 0 Å². The molecule has 3 N–H and O–H groups in total. The summed E-state index contributed by atoms with van der Waals surface area (Å²) in [7, 11) is 0. The van der Waals surface area contributed by atoms with E-state index in [9.17, 15) is 19.5 Å². The fraction of sp³-hybridized carbons (Fsp3) is 0.321. The van der Waals surface area contributed by atoms with E-state index in [1.807, 2.05) is 31.2 Å². The third-order valence-electron chi connectivity index (χ3n) is 5.41. The molecule has 190 valence electrons. The molecule has 1 atom stereocenters. The number of benzene rings is 2. The van der Waals surface area contributed by atoms with E-state index in [0.717, 1.165) is 0 Å². The Morgan fingerprint density at radius 2 is 1.97 bits per heavy atom. The second kappa shape index (κ2) is 13.7. The van der Waals surface area contributed by atoms with Crippen LogP contribution in [0, 0.1) is 5.92 Å². The van der Waals surface area contributed by atoms with Gasteiger partial charge in [0.25, 0.3) is 0 Å². The van der Waals surface area contributed by atoms with Gasteiger partial charge in [-0.3, -0.25) is 4.79 Å². The number of para-hydroxylation sites is 1. The third-order valence-corrected chi connectivity index (χ3v) is 5.41. The quantitative estimate of drug-likeness (QED) is 0.382. The van der Waals surface area contributed by atoms with Crippen LogP contribution in [0.3, 0.4) is 0 Å². The van der Waals surface area contributed by atoms with Crippen molar-refractivity contribution in [1.29, 1.82) is 0 Å². The van der Waals surface area contributed by atoms with Crippen molar-refractivity contribution in [3.63, 3.8) is 0 Å². The molecule has 0 aliphatic carbocycles. The highest BCUT2D eigenvalue weighted by Crippen LogP contribution is 2.30. The maximum absolute atomic E-state index is 12.7. The minimum absolute atomic E-state index is 0.0411. The van der Waals surface area contributed by atoms with Gasteiger partial charge in [0.05, 0.1) is 13.2 Å². The van der Waals surface area contributed by atoms with Crippen LogP contribution < -0.4 is 15.4 Å². The molecular formula is C28H32N2O6. The molecule has 3 rings (SSSR count). The molecule has 1 heterocycles. The monoisotopic (exact) mass is 492 g/mol. The highest BCUT2D eigenvalue weighted by Gasteiger charge is 2.19. The topological polar surface area (TPSA) is 114 Å². The Hall–Kier alpha value is -4.07. The summed E-state index contributed by atoms with van der Waals surface area (Å²) in [6, 6.07) is 11.9. The van der Waals surface area contributed by atoms with Gasteiger partial charge in [-0.15, -0.1) is 0 Å². The number of carbonyl (C=O) groups excluding carboxylic acids is 3. The number of aromatic hydroxyl groups is 1. The zero-order valence-electron chi connectivity index (χ0n) is 20.4. The van der Waals surface area contributed by atoms with E-state index in [1.165, 1.54) is 12.1 Å². The average Bonchev–Trinajstić information content (AvgIpc) is 2.85. The standard InChI is InChI=1S/C28H32N2O6/c1-20-13-14-23(31)12-7-2-4-9-21-17-24(18-25(32)26(21)27(33)36-19-20)35-16-8-15-29-28(34)30-22-10-5-3-6-11-22/h3-6,9-11,13-14,17-18,20,32H,2,7-8,12,15-16,19H2,1H3,(H2,29,30,34)/b9-4+,14-13-/t20-/m1/s1. The van der Waals surface area contributed by atoms with Crippen molar-refractivity contribution in [2.24, 2.45) is 5.92 Å². The molecule has 2 amide bonds. The molecule has 0 saturated carbocycles. The molecule has 0 bridgehead atoms. The number of urea groups is 1. The molecule has 2 aromatic rings. The maximum Gasteiger partial charge on any atom is 0.342 e. The summed E-state index contributed by atoms with van der Waals surface area (Å²) in [6.45, 7) is 2.63. The van der Waals surface area contributed by atoms with Crippen molar-refractivity contribution in [2.75, 3.05) is 25.1 Å². The Bertz CT molecular complexity index is 1110. The molecule has 0 radical (unpaired) electrons. The Balaban J connectivity index is 1.59. The van der Waals surface area contributed by atoms with Gasteiger partial charge in [-0.25, -0.2) is 9.59 Å². The molecule has 1 aliphatic rings. The maximum atomic E-state index is 12.7. The summed E-state index contributed by atoms with van der Waals surface area (Å²) in [6.07, 6.45) is 9.16. The van der Waals surface area contributed by atoms with Crippen molar-refractivity contribution in [3.05, 3.63) is 71.8 Å². The number of esters is 1. The number of anilines is 1. The Morgan fingerprint density at radius 3 is 2.78 bits per heavy atom. The highest BCUT2D eigenvalue weighted by atomic mass is 16.5. The van der Waals surface area contributed by atoms with E-state index in [0.29, 0.717) is 55.8 Å². The number of carbonyl (C=O) groups is 3. The number of hydrogen-bond acceptors (Lipinski definition) is 6. The number of ketones is 1. The van der Waals surface area contributed by atoms with Crippen LogP contribution in [0.15, 0.2) is 60.7 Å². The highest BCUT2D eigenvalue weighted by molar-refractivity contribution is 5.97. The molecule has 0 saturated heterocycles. The van der Waals surface area contributed by atoms with Gasteiger partial charge in [0.15, 0.2) is 5.78 Å². The van der Waals surface area contributed by atoms with Gasteiger partial charge in [0.2, 0.25) is 0 Å². The van der Waals surface area contributed by atoms with Crippen molar-refractivity contribution in [1.82, 2.24) is 5.32 Å². The number of rotatable bonds is 6. The van der Waals surface area contributed by atoms with E-state index >= 15 is 0 Å². The fourth-order valence-corrected chi connectivity index (χ4v) is 3.51. The largest absolute Gasteiger partial charge is 0.507 e. The lowest BCUT2D eigenvalue weighted by molar-refractivity contribution is -0.114. The van der Waals surface area contributed by atoms with E-state index in [-0.39, 0.29) is 35.7 Å². The Labute approximate surface area is 211 Å². The number of cyclic esters (lactones) is 1. The van der Waals surface area contributed by atoms with Crippen LogP contribution in [0.25, 0.3) is 6.08 Å². The first kappa shape index (κ1) is 26.5. The molecule has 0 aromatic heterocycles. The zero-order chi connectivity index (χ0) is 25.8. The lowest BCUT2D eigenvalue weighted by Crippen LogP contribution is -2.30. The van der Waals surface area contributed by atoms with Gasteiger partial charge in [-0.2, -0.15) is 0 Å². The number of fused-ring (bicyclic) bond motifs is 1. The van der Waals surface area contributed by atoms with Gasteiger partial charge < -0.3 is 25.2 Å². The SMILES string of the molecule is C[C@@H]1/C=C\C(=O)CCC/C=C/c2cc(OCCCNC(=O)Nc3ccccc3)cc(O)c2C(=O)OC1. The summed E-state index contributed by atoms with van der Waals surface area (Å²) >= 11 is 0. The molecule has 2 aromatic carbocycles. The number of allylic oxidation sites excluding steroid dienone is 2. The van der Waals surface area contributed by atoms with Crippen LogP contribution in [-0.4, -0.2) is 42.6 Å². The molecule has 36 heavy (non-hydrogen) atoms. The predicted octanol–water partition coefficient (Wildman–Crippen LogP) is 5.10. The number of phenolic OH excluding ortho intramolecular Hbond substituents is 1. The second-order valence-corrected chi connectivity index (χ2v) is 8.55. The van der Waals surface area contributed by atoms with Crippen molar-refractivity contribution in [3.8, 4) is 11.5 Å². The Kier molecular flexibility index (Phi) is 10.1. The first-order chi connectivity index (χ1) is 17.4. The molecular weight excluding hydrogens is 460 g/mol. The summed E-state index contributed by atoms with van der Waals surface area (Å²) < 4.78 is 11.1. The van der Waals surface area contributed by atoms with Crippen LogP contribution >= 0.6 is 0 Å². The molecule has 8 heteroatoms. The van der Waals surface area contributed by atoms with Gasteiger partial charge >= 0.3 is 12.0 Å². The van der Waals surface area contributed by atoms with E-state index in [2.05, 4.69) is 10.6 Å². The number of phenols is 1. The van der Waals surface area contributed by atoms with Crippen molar-refractivity contribution in [2.45, 2.75) is 32.6 Å². The van der Waals surface area contributed by atoms with Crippen LogP contribution in [0.5, 0.6) is 11.5 Å². The first-order valence-corrected chi connectivity index (χ1v) is 12.1. The van der Waals surface area contributed by atoms with E-state index < -0.39 is 5.97 Å². The van der Waals surface area contributed by atoms with Crippen molar-refractivity contribution >= 4 is 29.5 Å². The molecule has 0 spiro atoms. The number of hydrogen-bond donors (Lipinski definition) is 3.